The van der Waals surface area contributed by atoms with Gasteiger partial charge in [-0.15, -0.1) is 11.6 Å². The van der Waals surface area contributed by atoms with E-state index in [1.54, 1.807) is 24.3 Å². The van der Waals surface area contributed by atoms with Gasteiger partial charge in [0.25, 0.3) is 6.01 Å². The number of H-pyrrole nitrogens is 1. The van der Waals surface area contributed by atoms with Gasteiger partial charge >= 0.3 is 5.97 Å². The number of esters is 1. The van der Waals surface area contributed by atoms with Gasteiger partial charge < -0.3 is 19.4 Å². The van der Waals surface area contributed by atoms with Crippen molar-refractivity contribution in [1.82, 2.24) is 9.97 Å². The molecule has 186 valence electrons. The number of alkyl halides is 1. The predicted molar refractivity (Wildman–Crippen MR) is 143 cm³/mol. The Morgan fingerprint density at radius 2 is 1.92 bits per heavy atom. The second-order valence-corrected chi connectivity index (χ2v) is 9.34. The lowest BCUT2D eigenvalue weighted by atomic mass is 9.86. The number of methoxy groups -OCH3 is 1. The summed E-state index contributed by atoms with van der Waals surface area (Å²) in [6.45, 7) is 7.40. The van der Waals surface area contributed by atoms with Gasteiger partial charge in [-0.3, -0.25) is 4.79 Å². The average Bonchev–Trinajstić information content (AvgIpc) is 3.23. The number of ether oxygens (including phenoxy) is 2. The normalized spacial score (nSPS) is 16.3. The highest BCUT2D eigenvalue weighted by atomic mass is 35.5. The maximum absolute atomic E-state index is 12.4. The Hall–Kier alpha value is -3.84. The number of halogens is 1. The van der Waals surface area contributed by atoms with Crippen molar-refractivity contribution in [3.05, 3.63) is 75.4 Å². The highest BCUT2D eigenvalue weighted by Gasteiger charge is 2.27. The number of benzene rings is 2. The van der Waals surface area contributed by atoms with Crippen LogP contribution in [0.5, 0.6) is 11.8 Å². The molecule has 1 heterocycles. The Bertz CT molecular complexity index is 1490. The van der Waals surface area contributed by atoms with Gasteiger partial charge in [0.05, 0.1) is 34.4 Å². The Morgan fingerprint density at radius 1 is 1.17 bits per heavy atom. The molecule has 2 unspecified atom stereocenters. The molecule has 0 radical (unpaired) electrons. The van der Waals surface area contributed by atoms with Gasteiger partial charge in [-0.05, 0) is 55.3 Å². The zero-order valence-corrected chi connectivity index (χ0v) is 21.6. The first-order valence-electron chi connectivity index (χ1n) is 11.4. The van der Waals surface area contributed by atoms with Crippen LogP contribution in [0, 0.1) is 6.92 Å². The van der Waals surface area contributed by atoms with Crippen LogP contribution in [0.2, 0.25) is 0 Å². The summed E-state index contributed by atoms with van der Waals surface area (Å²) in [7, 11) is 5.09. The van der Waals surface area contributed by atoms with Gasteiger partial charge in [-0.2, -0.15) is 4.98 Å². The van der Waals surface area contributed by atoms with Gasteiger partial charge in [0.15, 0.2) is 5.78 Å². The highest BCUT2D eigenvalue weighted by molar-refractivity contribution is 6.25. The van der Waals surface area contributed by atoms with Gasteiger partial charge in [0, 0.05) is 31.1 Å². The fraction of sp³-hybridized carbons (Fsp3) is 0.250. The van der Waals surface area contributed by atoms with Crippen molar-refractivity contribution in [1.29, 1.82) is 0 Å². The van der Waals surface area contributed by atoms with E-state index < -0.39 is 5.97 Å². The summed E-state index contributed by atoms with van der Waals surface area (Å²) < 4.78 is 10.9. The molecule has 0 saturated carbocycles. The number of imidazole rings is 1. The number of aryl methyl sites for hydroxylation is 1. The maximum Gasteiger partial charge on any atom is 0.339 e. The molecule has 1 aliphatic carbocycles. The van der Waals surface area contributed by atoms with Gasteiger partial charge in [-0.25, -0.2) is 4.79 Å². The molecule has 2 atom stereocenters. The number of aromatic amines is 1. The van der Waals surface area contributed by atoms with Crippen molar-refractivity contribution in [2.24, 2.45) is 0 Å². The van der Waals surface area contributed by atoms with E-state index in [1.807, 2.05) is 50.2 Å². The molecule has 1 aromatic heterocycles. The SMILES string of the molecule is C=Cc1c(C2C=c3nc(Oc4ccc(C)c(C(C)=O)c4)[nH]c3=CC2Cl)ccc(C(=O)OC)c1N(C)C. The number of fused-ring (bicyclic) bond motifs is 1. The minimum atomic E-state index is -0.421. The van der Waals surface area contributed by atoms with Crippen molar-refractivity contribution < 1.29 is 19.1 Å². The second-order valence-electron chi connectivity index (χ2n) is 8.83. The molecular weight excluding hydrogens is 478 g/mol. The Morgan fingerprint density at radius 3 is 2.56 bits per heavy atom. The second kappa shape index (κ2) is 10.0. The molecule has 4 rings (SSSR count). The lowest BCUT2D eigenvalue weighted by Crippen LogP contribution is -2.33. The zero-order valence-electron chi connectivity index (χ0n) is 20.9. The molecule has 3 aromatic rings. The van der Waals surface area contributed by atoms with Gasteiger partial charge in [0.2, 0.25) is 0 Å². The number of carbonyl (C=O) groups excluding carboxylic acids is 2. The predicted octanol–water partition coefficient (Wildman–Crippen LogP) is 4.17. The number of hydrogen-bond donors (Lipinski definition) is 1. The summed E-state index contributed by atoms with van der Waals surface area (Å²) in [4.78, 5) is 33.9. The molecule has 0 fully saturated rings. The summed E-state index contributed by atoms with van der Waals surface area (Å²) >= 11 is 6.83. The largest absolute Gasteiger partial charge is 0.465 e. The van der Waals surface area contributed by atoms with E-state index in [0.717, 1.165) is 22.0 Å². The summed E-state index contributed by atoms with van der Waals surface area (Å²) in [5.41, 5.74) is 4.37. The van der Waals surface area contributed by atoms with Gasteiger partial charge in [0.1, 0.15) is 5.75 Å². The van der Waals surface area contributed by atoms with E-state index in [9.17, 15) is 9.59 Å². The van der Waals surface area contributed by atoms with Crippen LogP contribution < -0.4 is 20.3 Å². The first-order chi connectivity index (χ1) is 17.1. The van der Waals surface area contributed by atoms with Crippen molar-refractivity contribution in [3.63, 3.8) is 0 Å². The molecule has 1 aliphatic rings. The molecule has 7 nitrogen and oxygen atoms in total. The fourth-order valence-corrected chi connectivity index (χ4v) is 4.84. The number of Topliss-reactive ketones (excluding diaryl/α,β-unsaturated/α-hetero) is 1. The summed E-state index contributed by atoms with van der Waals surface area (Å²) in [6.07, 6.45) is 5.60. The number of carbonyl (C=O) groups is 2. The third kappa shape index (κ3) is 4.66. The lowest BCUT2D eigenvalue weighted by molar-refractivity contribution is 0.0601. The molecular formula is C28H28ClN3O4. The molecule has 0 amide bonds. The Kier molecular flexibility index (Phi) is 7.04. The number of nitrogens with one attached hydrogen (secondary N) is 1. The number of hydrogen-bond acceptors (Lipinski definition) is 6. The average molecular weight is 506 g/mol. The van der Waals surface area contributed by atoms with Crippen LogP contribution in [0.15, 0.2) is 36.9 Å². The van der Waals surface area contributed by atoms with E-state index in [2.05, 4.69) is 16.5 Å². The van der Waals surface area contributed by atoms with Crippen LogP contribution in [0.1, 0.15) is 50.2 Å². The molecule has 2 aromatic carbocycles. The van der Waals surface area contributed by atoms with Crippen LogP contribution in [-0.4, -0.2) is 48.3 Å². The van der Waals surface area contributed by atoms with Crippen LogP contribution in [0.4, 0.5) is 5.69 Å². The van der Waals surface area contributed by atoms with E-state index in [1.165, 1.54) is 14.0 Å². The van der Waals surface area contributed by atoms with Crippen LogP contribution in [0.3, 0.4) is 0 Å². The molecule has 0 spiro atoms. The van der Waals surface area contributed by atoms with Crippen molar-refractivity contribution in [2.75, 3.05) is 26.1 Å². The lowest BCUT2D eigenvalue weighted by Gasteiger charge is -2.26. The van der Waals surface area contributed by atoms with E-state index in [4.69, 9.17) is 21.1 Å². The standard InChI is InChI=1S/C28H28ClN3O4/c1-7-18-19(10-11-20(27(34)35-6)26(18)32(4)5)22-13-24-25(14-23(22)29)31-28(30-24)36-17-9-8-15(2)21(12-17)16(3)33/h7-14,22-23H,1H2,2-6H3,(H,30,31). The number of anilines is 1. The number of ketones is 1. The zero-order chi connectivity index (χ0) is 26.1. The third-order valence-electron chi connectivity index (χ3n) is 6.22. The molecule has 36 heavy (non-hydrogen) atoms. The van der Waals surface area contributed by atoms with Crippen molar-refractivity contribution in [2.45, 2.75) is 25.1 Å². The minimum absolute atomic E-state index is 0.0282. The van der Waals surface area contributed by atoms with Gasteiger partial charge in [-0.1, -0.05) is 24.8 Å². The van der Waals surface area contributed by atoms with Crippen LogP contribution in [0.25, 0.3) is 18.2 Å². The van der Waals surface area contributed by atoms with Crippen LogP contribution in [-0.2, 0) is 4.74 Å². The number of rotatable bonds is 7. The Labute approximate surface area is 214 Å². The first kappa shape index (κ1) is 25.3. The smallest absolute Gasteiger partial charge is 0.339 e. The van der Waals surface area contributed by atoms with E-state index in [0.29, 0.717) is 33.9 Å². The number of aromatic nitrogens is 2. The quantitative estimate of drug-likeness (QED) is 0.295. The Balaban J connectivity index is 1.75. The first-order valence-corrected chi connectivity index (χ1v) is 11.9. The highest BCUT2D eigenvalue weighted by Crippen LogP contribution is 2.37. The summed E-state index contributed by atoms with van der Waals surface area (Å²) in [6, 6.07) is 9.28. The third-order valence-corrected chi connectivity index (χ3v) is 6.61. The molecule has 0 saturated heterocycles. The van der Waals surface area contributed by atoms with E-state index in [-0.39, 0.29) is 17.1 Å². The monoisotopic (exact) mass is 505 g/mol. The van der Waals surface area contributed by atoms with Crippen molar-refractivity contribution in [3.8, 4) is 11.8 Å². The summed E-state index contributed by atoms with van der Waals surface area (Å²) in [5, 5.41) is 1.07. The minimum Gasteiger partial charge on any atom is -0.465 e. The fourth-order valence-electron chi connectivity index (χ4n) is 4.51. The van der Waals surface area contributed by atoms with Crippen LogP contribution >= 0.6 is 11.6 Å². The van der Waals surface area contributed by atoms with Crippen molar-refractivity contribution >= 4 is 47.3 Å². The molecule has 8 heteroatoms. The topological polar surface area (TPSA) is 84.5 Å². The van der Waals surface area contributed by atoms with E-state index >= 15 is 0 Å². The number of nitrogens with zero attached hydrogens (tertiary/aromatic N) is 2. The molecule has 0 aliphatic heterocycles. The molecule has 0 bridgehead atoms. The summed E-state index contributed by atoms with van der Waals surface area (Å²) in [5.74, 6) is -0.161. The maximum atomic E-state index is 12.4. The molecule has 1 N–H and O–H groups in total.